The van der Waals surface area contributed by atoms with Crippen molar-refractivity contribution in [1.82, 2.24) is 24.7 Å². The largest absolute Gasteiger partial charge is 0.481 e. The normalized spacial score (nSPS) is 11.2. The summed E-state index contributed by atoms with van der Waals surface area (Å²) in [4.78, 5) is 18.7. The van der Waals surface area contributed by atoms with Crippen LogP contribution < -0.4 is 0 Å². The van der Waals surface area contributed by atoms with Crippen molar-refractivity contribution in [3.63, 3.8) is 0 Å². The highest BCUT2D eigenvalue weighted by Gasteiger charge is 2.18. The van der Waals surface area contributed by atoms with Gasteiger partial charge in [0.05, 0.1) is 12.1 Å². The molecule has 3 heterocycles. The van der Waals surface area contributed by atoms with Gasteiger partial charge in [0.15, 0.2) is 4.34 Å². The summed E-state index contributed by atoms with van der Waals surface area (Å²) in [5.74, 6) is -0.0731. The van der Waals surface area contributed by atoms with Gasteiger partial charge in [-0.05, 0) is 35.5 Å². The third-order valence-electron chi connectivity index (χ3n) is 4.78. The predicted octanol–water partition coefficient (Wildman–Crippen LogP) is 4.57. The van der Waals surface area contributed by atoms with Gasteiger partial charge in [-0.25, -0.2) is 4.98 Å². The SMILES string of the molecule is O=C(O)Cc1csc(Sc2nnc(Cc3c[nH]c4ccccc34)n2-c2ccccc2)n1. The Hall–Kier alpha value is -3.43. The Balaban J connectivity index is 1.51. The summed E-state index contributed by atoms with van der Waals surface area (Å²) in [5, 5.41) is 21.5. The molecule has 0 aliphatic rings. The smallest absolute Gasteiger partial charge is 0.309 e. The van der Waals surface area contributed by atoms with Crippen molar-refractivity contribution in [2.45, 2.75) is 22.3 Å². The first-order valence-electron chi connectivity index (χ1n) is 9.56. The number of nitrogens with zero attached hydrogens (tertiary/aromatic N) is 4. The molecule has 0 bridgehead atoms. The number of hydrogen-bond acceptors (Lipinski definition) is 6. The van der Waals surface area contributed by atoms with Gasteiger partial charge in [-0.3, -0.25) is 9.36 Å². The fourth-order valence-corrected chi connectivity index (χ4v) is 5.22. The maximum atomic E-state index is 11.0. The number of carboxylic acids is 1. The minimum absolute atomic E-state index is 0.0890. The fraction of sp³-hybridized carbons (Fsp3) is 0.0909. The first-order valence-corrected chi connectivity index (χ1v) is 11.3. The lowest BCUT2D eigenvalue weighted by Gasteiger charge is -2.09. The fourth-order valence-electron chi connectivity index (χ4n) is 3.42. The van der Waals surface area contributed by atoms with E-state index in [0.29, 0.717) is 17.3 Å². The van der Waals surface area contributed by atoms with Crippen LogP contribution >= 0.6 is 23.1 Å². The van der Waals surface area contributed by atoms with E-state index in [0.717, 1.165) is 32.3 Å². The number of thiazole rings is 1. The van der Waals surface area contributed by atoms with E-state index in [4.69, 9.17) is 5.11 Å². The molecule has 0 saturated heterocycles. The van der Waals surface area contributed by atoms with Crippen LogP contribution in [0.4, 0.5) is 0 Å². The Morgan fingerprint density at radius 3 is 2.74 bits per heavy atom. The number of rotatable bonds is 7. The molecule has 5 rings (SSSR count). The van der Waals surface area contributed by atoms with E-state index < -0.39 is 5.97 Å². The molecule has 0 atom stereocenters. The molecule has 0 fully saturated rings. The quantitative estimate of drug-likeness (QED) is 0.379. The van der Waals surface area contributed by atoms with E-state index in [1.165, 1.54) is 23.1 Å². The molecule has 154 valence electrons. The van der Waals surface area contributed by atoms with Gasteiger partial charge >= 0.3 is 5.97 Å². The zero-order chi connectivity index (χ0) is 21.2. The molecule has 0 aliphatic heterocycles. The number of fused-ring (bicyclic) bond motifs is 1. The number of benzene rings is 2. The molecule has 0 unspecified atom stereocenters. The van der Waals surface area contributed by atoms with E-state index in [1.54, 1.807) is 5.38 Å². The molecule has 0 radical (unpaired) electrons. The van der Waals surface area contributed by atoms with Gasteiger partial charge in [0, 0.05) is 34.6 Å². The van der Waals surface area contributed by atoms with Crippen LogP contribution in [0.5, 0.6) is 0 Å². The van der Waals surface area contributed by atoms with Gasteiger partial charge < -0.3 is 10.1 Å². The van der Waals surface area contributed by atoms with Crippen molar-refractivity contribution in [2.75, 3.05) is 0 Å². The van der Waals surface area contributed by atoms with E-state index in [9.17, 15) is 4.79 Å². The van der Waals surface area contributed by atoms with Gasteiger partial charge in [-0.15, -0.1) is 21.5 Å². The third-order valence-corrected chi connectivity index (χ3v) is 6.71. The van der Waals surface area contributed by atoms with Crippen molar-refractivity contribution in [1.29, 1.82) is 0 Å². The van der Waals surface area contributed by atoms with Crippen LogP contribution in [0.3, 0.4) is 0 Å². The zero-order valence-electron chi connectivity index (χ0n) is 16.2. The van der Waals surface area contributed by atoms with Crippen LogP contribution in [0.15, 0.2) is 75.7 Å². The van der Waals surface area contributed by atoms with Crippen molar-refractivity contribution in [2.24, 2.45) is 0 Å². The number of nitrogens with one attached hydrogen (secondary N) is 1. The summed E-state index contributed by atoms with van der Waals surface area (Å²) in [7, 11) is 0. The number of aliphatic carboxylic acids is 1. The van der Waals surface area contributed by atoms with Crippen LogP contribution in [0.1, 0.15) is 17.1 Å². The number of aromatic amines is 1. The Morgan fingerprint density at radius 1 is 1.10 bits per heavy atom. The highest BCUT2D eigenvalue weighted by Crippen LogP contribution is 2.32. The second-order valence-electron chi connectivity index (χ2n) is 6.88. The zero-order valence-corrected chi connectivity index (χ0v) is 17.9. The number of hydrogen-bond donors (Lipinski definition) is 2. The average molecular weight is 448 g/mol. The molecule has 7 nitrogen and oxygen atoms in total. The number of aromatic nitrogens is 5. The number of carboxylic acid groups (broad SMARTS) is 1. The van der Waals surface area contributed by atoms with Crippen molar-refractivity contribution in [3.05, 3.63) is 83.3 Å². The lowest BCUT2D eigenvalue weighted by atomic mass is 10.1. The minimum atomic E-state index is -0.893. The molecule has 5 aromatic rings. The lowest BCUT2D eigenvalue weighted by molar-refractivity contribution is -0.136. The van der Waals surface area contributed by atoms with Crippen LogP contribution in [0.2, 0.25) is 0 Å². The lowest BCUT2D eigenvalue weighted by Crippen LogP contribution is -2.03. The first kappa shape index (κ1) is 19.5. The number of carbonyl (C=O) groups is 1. The van der Waals surface area contributed by atoms with Crippen molar-refractivity contribution in [3.8, 4) is 5.69 Å². The van der Waals surface area contributed by atoms with Crippen LogP contribution in [0.25, 0.3) is 16.6 Å². The third kappa shape index (κ3) is 4.10. The second kappa shape index (κ2) is 8.37. The molecule has 9 heteroatoms. The summed E-state index contributed by atoms with van der Waals surface area (Å²) < 4.78 is 2.77. The molecule has 2 N–H and O–H groups in total. The minimum Gasteiger partial charge on any atom is -0.481 e. The van der Waals surface area contributed by atoms with Crippen LogP contribution in [0, 0.1) is 0 Å². The molecule has 0 amide bonds. The number of para-hydroxylation sites is 2. The summed E-state index contributed by atoms with van der Waals surface area (Å²) in [5.41, 5.74) is 3.75. The van der Waals surface area contributed by atoms with Crippen molar-refractivity contribution >= 4 is 40.0 Å². The Morgan fingerprint density at radius 2 is 1.90 bits per heavy atom. The second-order valence-corrected chi connectivity index (χ2v) is 8.96. The summed E-state index contributed by atoms with van der Waals surface area (Å²) in [6.45, 7) is 0. The monoisotopic (exact) mass is 447 g/mol. The van der Waals surface area contributed by atoms with Gasteiger partial charge in [0.25, 0.3) is 0 Å². The first-order chi connectivity index (χ1) is 15.2. The highest BCUT2D eigenvalue weighted by atomic mass is 32.2. The Kier molecular flexibility index (Phi) is 5.27. The predicted molar refractivity (Wildman–Crippen MR) is 120 cm³/mol. The van der Waals surface area contributed by atoms with Gasteiger partial charge in [-0.1, -0.05) is 36.4 Å². The summed E-state index contributed by atoms with van der Waals surface area (Å²) in [6, 6.07) is 18.2. The Bertz CT molecular complexity index is 1360. The molecular formula is C22H17N5O2S2. The molecule has 3 aromatic heterocycles. The van der Waals surface area contributed by atoms with Gasteiger partial charge in [-0.2, -0.15) is 0 Å². The topological polar surface area (TPSA) is 96.7 Å². The molecular weight excluding hydrogens is 430 g/mol. The molecule has 0 saturated carbocycles. The maximum Gasteiger partial charge on any atom is 0.309 e. The van der Waals surface area contributed by atoms with Crippen LogP contribution in [-0.2, 0) is 17.6 Å². The summed E-state index contributed by atoms with van der Waals surface area (Å²) >= 11 is 2.80. The molecule has 31 heavy (non-hydrogen) atoms. The molecule has 0 spiro atoms. The average Bonchev–Trinajstić information content (AvgIpc) is 3.49. The molecule has 0 aliphatic carbocycles. The number of H-pyrrole nitrogens is 1. The van der Waals surface area contributed by atoms with E-state index in [-0.39, 0.29) is 6.42 Å². The van der Waals surface area contributed by atoms with E-state index in [2.05, 4.69) is 32.3 Å². The maximum absolute atomic E-state index is 11.0. The van der Waals surface area contributed by atoms with Crippen LogP contribution in [-0.4, -0.2) is 35.8 Å². The van der Waals surface area contributed by atoms with Gasteiger partial charge in [0.1, 0.15) is 5.82 Å². The standard InChI is InChI=1S/C22H17N5O2S2/c28-20(29)11-15-13-30-22(24-15)31-21-26-25-19(27(21)16-6-2-1-3-7-16)10-14-12-23-18-9-5-4-8-17(14)18/h1-9,12-13,23H,10-11H2,(H,28,29). The van der Waals surface area contributed by atoms with E-state index in [1.807, 2.05) is 53.2 Å². The van der Waals surface area contributed by atoms with Gasteiger partial charge in [0.2, 0.25) is 5.16 Å². The highest BCUT2D eigenvalue weighted by molar-refractivity contribution is 8.00. The Labute approximate surface area is 185 Å². The summed E-state index contributed by atoms with van der Waals surface area (Å²) in [6.07, 6.45) is 2.54. The molecule has 2 aromatic carbocycles. The van der Waals surface area contributed by atoms with E-state index >= 15 is 0 Å². The van der Waals surface area contributed by atoms with Crippen molar-refractivity contribution < 1.29 is 9.90 Å².